The average Bonchev–Trinajstić information content (AvgIpc) is 2.76. The van der Waals surface area contributed by atoms with E-state index in [1.807, 2.05) is 6.07 Å². The van der Waals surface area contributed by atoms with Crippen molar-refractivity contribution >= 4 is 0 Å². The Hall–Kier alpha value is -1.68. The first-order chi connectivity index (χ1) is 8.66. The molecule has 0 aliphatic carbocycles. The van der Waals surface area contributed by atoms with Crippen LogP contribution in [0.2, 0.25) is 0 Å². The normalized spacial score (nSPS) is 12.9. The van der Waals surface area contributed by atoms with E-state index in [-0.39, 0.29) is 0 Å². The molecule has 0 radical (unpaired) electrons. The van der Waals surface area contributed by atoms with E-state index in [1.165, 1.54) is 5.56 Å². The topological polar surface area (TPSA) is 51.0 Å². The third-order valence-corrected chi connectivity index (χ3v) is 2.88. The van der Waals surface area contributed by atoms with Crippen molar-refractivity contribution < 1.29 is 4.52 Å². The molecule has 1 aromatic carbocycles. The SMILES string of the molecule is Cc1nc(CNC(c2ccccc2)C(C)C)no1. The van der Waals surface area contributed by atoms with Crippen LogP contribution in [0.25, 0.3) is 0 Å². The molecular formula is C14H19N3O. The van der Waals surface area contributed by atoms with Crippen LogP contribution >= 0.6 is 0 Å². The summed E-state index contributed by atoms with van der Waals surface area (Å²) in [4.78, 5) is 4.20. The molecule has 18 heavy (non-hydrogen) atoms. The highest BCUT2D eigenvalue weighted by molar-refractivity contribution is 5.19. The Labute approximate surface area is 107 Å². The summed E-state index contributed by atoms with van der Waals surface area (Å²) in [6.07, 6.45) is 0. The Morgan fingerprint density at radius 1 is 1.22 bits per heavy atom. The lowest BCUT2D eigenvalue weighted by Gasteiger charge is -2.22. The lowest BCUT2D eigenvalue weighted by atomic mass is 9.96. The number of benzene rings is 1. The minimum absolute atomic E-state index is 0.296. The Bertz CT molecular complexity index is 479. The summed E-state index contributed by atoms with van der Waals surface area (Å²) in [5, 5.41) is 7.37. The van der Waals surface area contributed by atoms with Gasteiger partial charge in [0.2, 0.25) is 5.89 Å². The molecule has 1 N–H and O–H groups in total. The summed E-state index contributed by atoms with van der Waals surface area (Å²) in [5.41, 5.74) is 1.28. The minimum Gasteiger partial charge on any atom is -0.340 e. The van der Waals surface area contributed by atoms with E-state index in [4.69, 9.17) is 4.52 Å². The van der Waals surface area contributed by atoms with Gasteiger partial charge >= 0.3 is 0 Å². The van der Waals surface area contributed by atoms with Gasteiger partial charge in [0, 0.05) is 13.0 Å². The summed E-state index contributed by atoms with van der Waals surface area (Å²) in [6, 6.07) is 10.7. The fourth-order valence-electron chi connectivity index (χ4n) is 2.01. The van der Waals surface area contributed by atoms with Gasteiger partial charge in [0.1, 0.15) is 0 Å². The lowest BCUT2D eigenvalue weighted by Crippen LogP contribution is -2.25. The summed E-state index contributed by atoms with van der Waals surface area (Å²) in [6.45, 7) is 6.82. The van der Waals surface area contributed by atoms with Gasteiger partial charge in [0.25, 0.3) is 0 Å². The zero-order valence-corrected chi connectivity index (χ0v) is 11.1. The number of nitrogens with zero attached hydrogens (tertiary/aromatic N) is 2. The second-order valence-corrected chi connectivity index (χ2v) is 4.74. The van der Waals surface area contributed by atoms with Crippen molar-refractivity contribution in [2.24, 2.45) is 5.92 Å². The standard InChI is InChI=1S/C14H19N3O/c1-10(2)14(12-7-5-4-6-8-12)15-9-13-16-11(3)18-17-13/h4-8,10,14-15H,9H2,1-3H3. The van der Waals surface area contributed by atoms with Crippen LogP contribution < -0.4 is 5.32 Å². The van der Waals surface area contributed by atoms with E-state index in [1.54, 1.807) is 6.92 Å². The molecule has 0 aliphatic heterocycles. The first kappa shape index (κ1) is 12.8. The first-order valence-electron chi connectivity index (χ1n) is 6.24. The molecule has 0 amide bonds. The van der Waals surface area contributed by atoms with Gasteiger partial charge in [0.05, 0.1) is 6.54 Å². The predicted octanol–water partition coefficient (Wildman–Crippen LogP) is 2.86. The molecule has 1 unspecified atom stereocenters. The van der Waals surface area contributed by atoms with Crippen LogP contribution in [0.3, 0.4) is 0 Å². The maximum absolute atomic E-state index is 4.96. The Kier molecular flexibility index (Phi) is 4.10. The molecule has 0 saturated carbocycles. The molecule has 96 valence electrons. The highest BCUT2D eigenvalue weighted by Gasteiger charge is 2.15. The van der Waals surface area contributed by atoms with E-state index in [0.29, 0.717) is 30.2 Å². The zero-order valence-electron chi connectivity index (χ0n) is 11.1. The van der Waals surface area contributed by atoms with Crippen molar-refractivity contribution in [2.45, 2.75) is 33.4 Å². The van der Waals surface area contributed by atoms with Crippen molar-refractivity contribution in [1.29, 1.82) is 0 Å². The molecule has 2 aromatic rings. The van der Waals surface area contributed by atoms with Gasteiger partial charge in [0.15, 0.2) is 5.82 Å². The monoisotopic (exact) mass is 245 g/mol. The van der Waals surface area contributed by atoms with Gasteiger partial charge in [-0.05, 0) is 11.5 Å². The molecule has 1 heterocycles. The molecule has 0 aliphatic rings. The first-order valence-corrected chi connectivity index (χ1v) is 6.24. The van der Waals surface area contributed by atoms with E-state index in [0.717, 1.165) is 0 Å². The van der Waals surface area contributed by atoms with E-state index < -0.39 is 0 Å². The van der Waals surface area contributed by atoms with Crippen molar-refractivity contribution in [1.82, 2.24) is 15.5 Å². The van der Waals surface area contributed by atoms with Gasteiger partial charge in [-0.3, -0.25) is 0 Å². The third-order valence-electron chi connectivity index (χ3n) is 2.88. The Morgan fingerprint density at radius 3 is 2.50 bits per heavy atom. The predicted molar refractivity (Wildman–Crippen MR) is 69.9 cm³/mol. The summed E-state index contributed by atoms with van der Waals surface area (Å²) < 4.78 is 4.96. The van der Waals surface area contributed by atoms with Crippen molar-refractivity contribution in [3.05, 3.63) is 47.6 Å². The number of aromatic nitrogens is 2. The molecule has 0 spiro atoms. The van der Waals surface area contributed by atoms with Gasteiger partial charge in [-0.15, -0.1) is 0 Å². The van der Waals surface area contributed by atoms with Crippen molar-refractivity contribution in [3.63, 3.8) is 0 Å². The van der Waals surface area contributed by atoms with Crippen LogP contribution in [0.15, 0.2) is 34.9 Å². The van der Waals surface area contributed by atoms with Crippen LogP contribution in [0.4, 0.5) is 0 Å². The fourth-order valence-corrected chi connectivity index (χ4v) is 2.01. The maximum atomic E-state index is 4.96. The minimum atomic E-state index is 0.296. The molecule has 0 fully saturated rings. The van der Waals surface area contributed by atoms with Crippen LogP contribution in [0, 0.1) is 12.8 Å². The lowest BCUT2D eigenvalue weighted by molar-refractivity contribution is 0.373. The number of hydrogen-bond donors (Lipinski definition) is 1. The molecule has 0 saturated heterocycles. The van der Waals surface area contributed by atoms with Crippen LogP contribution in [0.5, 0.6) is 0 Å². The summed E-state index contributed by atoms with van der Waals surface area (Å²) in [7, 11) is 0. The van der Waals surface area contributed by atoms with Crippen LogP contribution in [0.1, 0.15) is 37.2 Å². The zero-order chi connectivity index (χ0) is 13.0. The smallest absolute Gasteiger partial charge is 0.223 e. The number of nitrogens with one attached hydrogen (secondary N) is 1. The van der Waals surface area contributed by atoms with Gasteiger partial charge < -0.3 is 9.84 Å². The highest BCUT2D eigenvalue weighted by Crippen LogP contribution is 2.21. The van der Waals surface area contributed by atoms with Crippen molar-refractivity contribution in [2.75, 3.05) is 0 Å². The highest BCUT2D eigenvalue weighted by atomic mass is 16.5. The second kappa shape index (κ2) is 5.78. The van der Waals surface area contributed by atoms with E-state index >= 15 is 0 Å². The number of aryl methyl sites for hydroxylation is 1. The van der Waals surface area contributed by atoms with Crippen LogP contribution in [-0.2, 0) is 6.54 Å². The molecule has 4 nitrogen and oxygen atoms in total. The second-order valence-electron chi connectivity index (χ2n) is 4.74. The third kappa shape index (κ3) is 3.17. The van der Waals surface area contributed by atoms with Gasteiger partial charge in [-0.2, -0.15) is 4.98 Å². The molecule has 1 aromatic heterocycles. The molecule has 4 heteroatoms. The van der Waals surface area contributed by atoms with E-state index in [2.05, 4.69) is 53.6 Å². The quantitative estimate of drug-likeness (QED) is 0.880. The molecule has 0 bridgehead atoms. The average molecular weight is 245 g/mol. The van der Waals surface area contributed by atoms with Gasteiger partial charge in [-0.1, -0.05) is 49.3 Å². The molecular weight excluding hydrogens is 226 g/mol. The van der Waals surface area contributed by atoms with Crippen LogP contribution in [-0.4, -0.2) is 10.1 Å². The van der Waals surface area contributed by atoms with Gasteiger partial charge in [-0.25, -0.2) is 0 Å². The Morgan fingerprint density at radius 2 is 1.94 bits per heavy atom. The van der Waals surface area contributed by atoms with E-state index in [9.17, 15) is 0 Å². The maximum Gasteiger partial charge on any atom is 0.223 e. The number of rotatable bonds is 5. The largest absolute Gasteiger partial charge is 0.340 e. The molecule has 1 atom stereocenters. The number of hydrogen-bond acceptors (Lipinski definition) is 4. The summed E-state index contributed by atoms with van der Waals surface area (Å²) >= 11 is 0. The fraction of sp³-hybridized carbons (Fsp3) is 0.429. The Balaban J connectivity index is 2.03. The van der Waals surface area contributed by atoms with Crippen molar-refractivity contribution in [3.8, 4) is 0 Å². The summed E-state index contributed by atoms with van der Waals surface area (Å²) in [5.74, 6) is 1.81. The molecule has 2 rings (SSSR count).